The minimum atomic E-state index is 0.0309. The summed E-state index contributed by atoms with van der Waals surface area (Å²) in [4.78, 5) is 12.9. The molecule has 1 saturated heterocycles. The van der Waals surface area contributed by atoms with E-state index in [-0.39, 0.29) is 24.1 Å². The fraction of sp³-hybridized carbons (Fsp3) is 0.600. The smallest absolute Gasteiger partial charge is 0.153 e. The molecule has 20 heavy (non-hydrogen) atoms. The topological polar surface area (TPSA) is 35.5 Å². The highest BCUT2D eigenvalue weighted by molar-refractivity contribution is 9.11. The number of Topliss-reactive ketones (excluding diaryl/α,β-unsaturated/α-hetero) is 1. The highest BCUT2D eigenvalue weighted by Crippen LogP contribution is 2.53. The number of halogens is 2. The van der Waals surface area contributed by atoms with Crippen molar-refractivity contribution in [1.82, 2.24) is 0 Å². The summed E-state index contributed by atoms with van der Waals surface area (Å²) in [6, 6.07) is 0. The van der Waals surface area contributed by atoms with Crippen LogP contribution in [0.15, 0.2) is 27.0 Å². The second-order valence-electron chi connectivity index (χ2n) is 5.66. The molecule has 3 rings (SSSR count). The Morgan fingerprint density at radius 2 is 2.35 bits per heavy atom. The molecule has 0 unspecified atom stereocenters. The Kier molecular flexibility index (Phi) is 4.23. The molecule has 0 aromatic carbocycles. The third-order valence-corrected chi connectivity index (χ3v) is 5.06. The maximum atomic E-state index is 11.2. The van der Waals surface area contributed by atoms with Crippen LogP contribution < -0.4 is 0 Å². The first-order chi connectivity index (χ1) is 9.60. The van der Waals surface area contributed by atoms with Gasteiger partial charge in [0.05, 0.1) is 6.10 Å². The van der Waals surface area contributed by atoms with Crippen molar-refractivity contribution in [3.63, 3.8) is 0 Å². The van der Waals surface area contributed by atoms with Gasteiger partial charge >= 0.3 is 0 Å². The van der Waals surface area contributed by atoms with Crippen molar-refractivity contribution in [1.29, 1.82) is 0 Å². The largest absolute Gasteiger partial charge is 0.487 e. The Hall–Kier alpha value is -0.350. The second kappa shape index (κ2) is 5.80. The van der Waals surface area contributed by atoms with E-state index in [4.69, 9.17) is 9.47 Å². The van der Waals surface area contributed by atoms with E-state index in [2.05, 4.69) is 37.6 Å². The molecule has 5 atom stereocenters. The molecule has 1 saturated carbocycles. The molecule has 0 radical (unpaired) electrons. The van der Waals surface area contributed by atoms with E-state index in [9.17, 15) is 4.79 Å². The highest BCUT2D eigenvalue weighted by atomic mass is 79.9. The average molecular weight is 404 g/mol. The van der Waals surface area contributed by atoms with E-state index in [1.807, 2.05) is 6.08 Å². The quantitative estimate of drug-likeness (QED) is 0.669. The van der Waals surface area contributed by atoms with Crippen LogP contribution in [0, 0.1) is 11.8 Å². The Balaban J connectivity index is 1.64. The summed E-state index contributed by atoms with van der Waals surface area (Å²) < 4.78 is 13.0. The Labute approximate surface area is 135 Å². The van der Waals surface area contributed by atoms with Crippen LogP contribution in [0.1, 0.15) is 26.2 Å². The molecule has 0 N–H and O–H groups in total. The molecule has 2 aliphatic heterocycles. The molecular formula is C15H16Br2O3. The van der Waals surface area contributed by atoms with E-state index >= 15 is 0 Å². The molecule has 5 heteroatoms. The van der Waals surface area contributed by atoms with Crippen molar-refractivity contribution >= 4 is 37.6 Å². The fourth-order valence-corrected chi connectivity index (χ4v) is 3.85. The summed E-state index contributed by atoms with van der Waals surface area (Å²) in [7, 11) is 0. The summed E-state index contributed by atoms with van der Waals surface area (Å²) in [5.41, 5.74) is 3.01. The monoisotopic (exact) mass is 402 g/mol. The molecule has 0 bridgehead atoms. The van der Waals surface area contributed by atoms with Crippen molar-refractivity contribution in [2.45, 2.75) is 44.5 Å². The van der Waals surface area contributed by atoms with Crippen molar-refractivity contribution in [2.24, 2.45) is 11.8 Å². The van der Waals surface area contributed by atoms with Gasteiger partial charge in [-0.05, 0) is 25.3 Å². The summed E-state index contributed by atoms with van der Waals surface area (Å²) in [6.07, 6.45) is 4.65. The lowest BCUT2D eigenvalue weighted by atomic mass is 9.95. The van der Waals surface area contributed by atoms with Gasteiger partial charge in [0.1, 0.15) is 17.6 Å². The van der Waals surface area contributed by atoms with Gasteiger partial charge in [0, 0.05) is 28.2 Å². The van der Waals surface area contributed by atoms with E-state index in [0.29, 0.717) is 18.3 Å². The third-order valence-electron chi connectivity index (χ3n) is 4.08. The first-order valence-electron chi connectivity index (χ1n) is 6.81. The maximum Gasteiger partial charge on any atom is 0.153 e. The van der Waals surface area contributed by atoms with Gasteiger partial charge in [-0.15, -0.1) is 5.73 Å². The van der Waals surface area contributed by atoms with Gasteiger partial charge in [-0.3, -0.25) is 0 Å². The molecule has 3 aliphatic rings. The van der Waals surface area contributed by atoms with E-state index in [0.717, 1.165) is 23.1 Å². The second-order valence-corrected chi connectivity index (χ2v) is 7.07. The van der Waals surface area contributed by atoms with Gasteiger partial charge in [0.2, 0.25) is 0 Å². The molecule has 1 aliphatic carbocycles. The number of ether oxygens (including phenoxy) is 2. The molecule has 0 aromatic rings. The van der Waals surface area contributed by atoms with Crippen LogP contribution in [-0.4, -0.2) is 24.1 Å². The lowest BCUT2D eigenvalue weighted by molar-refractivity contribution is -0.168. The standard InChI is InChI=1S/C15H16Br2O3/c1-8(18)5-9-6-11(9)13-15-14(20-13)12(17)7-10(19-15)3-2-4-16/h3-4,9-11,13,15H,5-7H2,1H3/t2?,9-,10+,11+,13-,15-/m0/s1. The molecular weight excluding hydrogens is 388 g/mol. The van der Waals surface area contributed by atoms with E-state index in [1.54, 1.807) is 11.9 Å². The van der Waals surface area contributed by atoms with Crippen molar-refractivity contribution in [3.05, 3.63) is 27.0 Å². The molecule has 0 amide bonds. The predicted molar refractivity (Wildman–Crippen MR) is 82.6 cm³/mol. The van der Waals surface area contributed by atoms with Crippen LogP contribution in [0.25, 0.3) is 0 Å². The number of hydrogen-bond acceptors (Lipinski definition) is 3. The zero-order valence-electron chi connectivity index (χ0n) is 11.1. The normalized spacial score (nSPS) is 38.0. The number of fused-ring (bicyclic) bond motifs is 1. The van der Waals surface area contributed by atoms with Gasteiger partial charge in [0.15, 0.2) is 6.10 Å². The van der Waals surface area contributed by atoms with Crippen molar-refractivity contribution in [3.8, 4) is 0 Å². The van der Waals surface area contributed by atoms with Gasteiger partial charge < -0.3 is 14.3 Å². The molecule has 3 nitrogen and oxygen atoms in total. The van der Waals surface area contributed by atoms with Gasteiger partial charge in [0.25, 0.3) is 0 Å². The Morgan fingerprint density at radius 3 is 3.05 bits per heavy atom. The molecule has 0 aromatic heterocycles. The SMILES string of the molecule is CC(=O)C[C@H]1C[C@H]1[C@@H]1OC2=C(Br)C[C@@H](C=C=CBr)O[C@H]21. The van der Waals surface area contributed by atoms with Crippen molar-refractivity contribution in [2.75, 3.05) is 0 Å². The van der Waals surface area contributed by atoms with Crippen molar-refractivity contribution < 1.29 is 14.3 Å². The average Bonchev–Trinajstić information content (AvgIpc) is 3.07. The number of carbonyl (C=O) groups excluding carboxylic acids is 1. The zero-order valence-corrected chi connectivity index (χ0v) is 14.3. The van der Waals surface area contributed by atoms with Gasteiger partial charge in [-0.25, -0.2) is 0 Å². The zero-order chi connectivity index (χ0) is 14.3. The van der Waals surface area contributed by atoms with E-state index < -0.39 is 0 Å². The lowest BCUT2D eigenvalue weighted by Crippen LogP contribution is -2.50. The molecule has 108 valence electrons. The summed E-state index contributed by atoms with van der Waals surface area (Å²) in [5.74, 6) is 2.17. The minimum Gasteiger partial charge on any atom is -0.487 e. The summed E-state index contributed by atoms with van der Waals surface area (Å²) >= 11 is 6.79. The number of carbonyl (C=O) groups is 1. The summed E-state index contributed by atoms with van der Waals surface area (Å²) in [5, 5.41) is 0. The molecule has 2 heterocycles. The lowest BCUT2D eigenvalue weighted by Gasteiger charge is -2.45. The van der Waals surface area contributed by atoms with Crippen LogP contribution in [0.3, 0.4) is 0 Å². The van der Waals surface area contributed by atoms with Crippen LogP contribution >= 0.6 is 31.9 Å². The van der Waals surface area contributed by atoms with Gasteiger partial charge in [-0.2, -0.15) is 0 Å². The minimum absolute atomic E-state index is 0.0309. The van der Waals surface area contributed by atoms with Crippen LogP contribution in [0.5, 0.6) is 0 Å². The van der Waals surface area contributed by atoms with Crippen LogP contribution in [-0.2, 0) is 14.3 Å². The number of ketones is 1. The Morgan fingerprint density at radius 1 is 1.55 bits per heavy atom. The van der Waals surface area contributed by atoms with Crippen LogP contribution in [0.2, 0.25) is 0 Å². The van der Waals surface area contributed by atoms with Gasteiger partial charge in [-0.1, -0.05) is 31.9 Å². The highest BCUT2D eigenvalue weighted by Gasteiger charge is 2.56. The Bertz CT molecular complexity index is 519. The number of hydrogen-bond donors (Lipinski definition) is 0. The maximum absolute atomic E-state index is 11.2. The first kappa shape index (κ1) is 14.6. The van der Waals surface area contributed by atoms with Crippen LogP contribution in [0.4, 0.5) is 0 Å². The summed E-state index contributed by atoms with van der Waals surface area (Å²) in [6.45, 7) is 1.66. The van der Waals surface area contributed by atoms with E-state index in [1.165, 1.54) is 0 Å². The molecule has 2 fully saturated rings. The third kappa shape index (κ3) is 2.82. The fourth-order valence-electron chi connectivity index (χ4n) is 3.05. The predicted octanol–water partition coefficient (Wildman–Crippen LogP) is 3.83. The molecule has 0 spiro atoms. The first-order valence-corrected chi connectivity index (χ1v) is 8.52. The number of rotatable bonds is 4.